The number of nitrogens with one attached hydrogen (secondary N) is 1. The zero-order chi connectivity index (χ0) is 21.7. The molecule has 0 spiro atoms. The molecule has 1 amide bonds. The fourth-order valence-corrected chi connectivity index (χ4v) is 4.71. The van der Waals surface area contributed by atoms with Gasteiger partial charge < -0.3 is 5.32 Å². The van der Waals surface area contributed by atoms with Gasteiger partial charge in [-0.3, -0.25) is 14.3 Å². The lowest BCUT2D eigenvalue weighted by atomic mass is 9.94. The molecule has 1 aromatic heterocycles. The highest BCUT2D eigenvalue weighted by atomic mass is 35.5. The first-order valence-corrected chi connectivity index (χ1v) is 12.0. The first kappa shape index (κ1) is 23.1. The van der Waals surface area contributed by atoms with Gasteiger partial charge >= 0.3 is 0 Å². The van der Waals surface area contributed by atoms with Crippen molar-refractivity contribution in [3.8, 4) is 5.69 Å². The summed E-state index contributed by atoms with van der Waals surface area (Å²) in [5.41, 5.74) is 1.91. The molecule has 8 heteroatoms. The van der Waals surface area contributed by atoms with Crippen LogP contribution in [0.5, 0.6) is 0 Å². The van der Waals surface area contributed by atoms with Crippen LogP contribution in [0.4, 0.5) is 0 Å². The molecule has 1 aromatic carbocycles. The number of amides is 1. The number of thioether (sulfide) groups is 1. The molecule has 0 bridgehead atoms. The molecule has 6 nitrogen and oxygen atoms in total. The molecule has 1 atom stereocenters. The number of likely N-dealkylation sites (tertiary alicyclic amines) is 1. The Hall–Kier alpha value is -1.57. The van der Waals surface area contributed by atoms with Gasteiger partial charge in [-0.1, -0.05) is 50.2 Å². The smallest absolute Gasteiger partial charge is 0.230 e. The molecule has 2 heterocycles. The summed E-state index contributed by atoms with van der Waals surface area (Å²) in [4.78, 5) is 15.1. The normalized spacial score (nSPS) is 16.7. The van der Waals surface area contributed by atoms with Crippen molar-refractivity contribution in [2.75, 3.05) is 25.4 Å². The molecule has 164 valence electrons. The summed E-state index contributed by atoms with van der Waals surface area (Å²) >= 11 is 7.63. The van der Waals surface area contributed by atoms with Crippen LogP contribution in [0, 0.1) is 18.8 Å². The number of rotatable bonds is 8. The van der Waals surface area contributed by atoms with E-state index in [0.29, 0.717) is 34.4 Å². The van der Waals surface area contributed by atoms with Gasteiger partial charge in [0.05, 0.1) is 11.4 Å². The molecule has 1 aliphatic rings. The lowest BCUT2D eigenvalue weighted by Crippen LogP contribution is -2.49. The highest BCUT2D eigenvalue weighted by molar-refractivity contribution is 7.99. The fraction of sp³-hybridized carbons (Fsp3) is 0.591. The Morgan fingerprint density at radius 2 is 2.07 bits per heavy atom. The molecule has 0 unspecified atom stereocenters. The number of hydrogen-bond acceptors (Lipinski definition) is 5. The van der Waals surface area contributed by atoms with Crippen LogP contribution in [-0.4, -0.2) is 57.0 Å². The Balaban J connectivity index is 1.53. The standard InChI is InChI=1S/C22H32ClN5OS/c1-15(2)20(27-9-7-16(3)8-10-27)12-24-21(29)13-30-22-26-25-14-28(22)18-6-5-17(4)19(23)11-18/h5-6,11,14-16,20H,7-10,12-13H2,1-4H3,(H,24,29)/t20-/m0/s1. The van der Waals surface area contributed by atoms with Gasteiger partial charge in [-0.25, -0.2) is 0 Å². The number of aryl methyl sites for hydroxylation is 1. The van der Waals surface area contributed by atoms with E-state index < -0.39 is 0 Å². The fourth-order valence-electron chi connectivity index (χ4n) is 3.78. The number of aromatic nitrogens is 3. The van der Waals surface area contributed by atoms with Crippen molar-refractivity contribution in [3.63, 3.8) is 0 Å². The third kappa shape index (κ3) is 5.99. The van der Waals surface area contributed by atoms with Crippen LogP contribution in [0.25, 0.3) is 5.69 Å². The average Bonchev–Trinajstić information content (AvgIpc) is 3.18. The molecule has 1 saturated heterocycles. The highest BCUT2D eigenvalue weighted by Crippen LogP contribution is 2.24. The summed E-state index contributed by atoms with van der Waals surface area (Å²) in [7, 11) is 0. The minimum Gasteiger partial charge on any atom is -0.354 e. The molecule has 0 aliphatic carbocycles. The third-order valence-electron chi connectivity index (χ3n) is 5.85. The van der Waals surface area contributed by atoms with Crippen LogP contribution < -0.4 is 5.32 Å². The van der Waals surface area contributed by atoms with Crippen LogP contribution in [0.2, 0.25) is 5.02 Å². The molecule has 1 N–H and O–H groups in total. The summed E-state index contributed by atoms with van der Waals surface area (Å²) < 4.78 is 1.86. The number of carbonyl (C=O) groups excluding carboxylic acids is 1. The van der Waals surface area contributed by atoms with E-state index in [1.165, 1.54) is 24.6 Å². The number of benzene rings is 1. The number of halogens is 1. The minimum atomic E-state index is 0.0208. The summed E-state index contributed by atoms with van der Waals surface area (Å²) in [5, 5.41) is 12.7. The maximum atomic E-state index is 12.5. The molecular formula is C22H32ClN5OS. The van der Waals surface area contributed by atoms with Crippen LogP contribution >= 0.6 is 23.4 Å². The van der Waals surface area contributed by atoms with Crippen molar-refractivity contribution < 1.29 is 4.79 Å². The quantitative estimate of drug-likeness (QED) is 0.612. The van der Waals surface area contributed by atoms with Crippen molar-refractivity contribution in [2.45, 2.75) is 51.7 Å². The summed E-state index contributed by atoms with van der Waals surface area (Å²) in [6.45, 7) is 11.7. The zero-order valence-electron chi connectivity index (χ0n) is 18.3. The van der Waals surface area contributed by atoms with Crippen LogP contribution in [-0.2, 0) is 4.79 Å². The van der Waals surface area contributed by atoms with Crippen molar-refractivity contribution in [2.24, 2.45) is 11.8 Å². The number of piperidine rings is 1. The van der Waals surface area contributed by atoms with Gasteiger partial charge in [0.2, 0.25) is 5.91 Å². The Kier molecular flexibility index (Phi) is 8.20. The molecule has 3 rings (SSSR count). The van der Waals surface area contributed by atoms with Gasteiger partial charge in [-0.15, -0.1) is 10.2 Å². The maximum absolute atomic E-state index is 12.5. The number of hydrogen-bond donors (Lipinski definition) is 1. The highest BCUT2D eigenvalue weighted by Gasteiger charge is 2.26. The van der Waals surface area contributed by atoms with Gasteiger partial charge in [-0.05, 0) is 62.4 Å². The Morgan fingerprint density at radius 3 is 2.73 bits per heavy atom. The largest absolute Gasteiger partial charge is 0.354 e. The summed E-state index contributed by atoms with van der Waals surface area (Å²) in [5.74, 6) is 1.63. The van der Waals surface area contributed by atoms with Crippen molar-refractivity contribution in [1.82, 2.24) is 25.0 Å². The van der Waals surface area contributed by atoms with Crippen molar-refractivity contribution >= 4 is 29.3 Å². The van der Waals surface area contributed by atoms with Crippen LogP contribution in [0.1, 0.15) is 39.2 Å². The second-order valence-corrected chi connectivity index (χ2v) is 9.89. The van der Waals surface area contributed by atoms with Crippen LogP contribution in [0.15, 0.2) is 29.7 Å². The van der Waals surface area contributed by atoms with E-state index in [1.807, 2.05) is 29.7 Å². The second kappa shape index (κ2) is 10.6. The van der Waals surface area contributed by atoms with Gasteiger partial charge in [0.25, 0.3) is 0 Å². The van der Waals surface area contributed by atoms with Crippen molar-refractivity contribution in [1.29, 1.82) is 0 Å². The first-order valence-electron chi connectivity index (χ1n) is 10.6. The maximum Gasteiger partial charge on any atom is 0.230 e. The second-order valence-electron chi connectivity index (χ2n) is 8.54. The predicted octanol–water partition coefficient (Wildman–Crippen LogP) is 4.19. The average molecular weight is 450 g/mol. The monoisotopic (exact) mass is 449 g/mol. The molecule has 0 radical (unpaired) electrons. The van der Waals surface area contributed by atoms with E-state index in [1.54, 1.807) is 6.33 Å². The Labute approximate surface area is 188 Å². The summed E-state index contributed by atoms with van der Waals surface area (Å²) in [6, 6.07) is 6.20. The molecule has 1 aliphatic heterocycles. The van der Waals surface area contributed by atoms with E-state index in [-0.39, 0.29) is 5.91 Å². The number of nitrogens with zero attached hydrogens (tertiary/aromatic N) is 4. The van der Waals surface area contributed by atoms with Gasteiger partial charge in [-0.2, -0.15) is 0 Å². The van der Waals surface area contributed by atoms with Gasteiger partial charge in [0, 0.05) is 17.6 Å². The van der Waals surface area contributed by atoms with E-state index in [9.17, 15) is 4.79 Å². The molecule has 0 saturated carbocycles. The topological polar surface area (TPSA) is 63.1 Å². The molecule has 30 heavy (non-hydrogen) atoms. The van der Waals surface area contributed by atoms with Crippen molar-refractivity contribution in [3.05, 3.63) is 35.1 Å². The Bertz CT molecular complexity index is 848. The molecule has 1 fully saturated rings. The lowest BCUT2D eigenvalue weighted by molar-refractivity contribution is -0.118. The summed E-state index contributed by atoms with van der Waals surface area (Å²) in [6.07, 6.45) is 4.13. The predicted molar refractivity (Wildman–Crippen MR) is 123 cm³/mol. The lowest BCUT2D eigenvalue weighted by Gasteiger charge is -2.38. The first-order chi connectivity index (χ1) is 14.3. The van der Waals surface area contributed by atoms with E-state index in [2.05, 4.69) is 41.2 Å². The van der Waals surface area contributed by atoms with Gasteiger partial charge in [0.15, 0.2) is 5.16 Å². The Morgan fingerprint density at radius 1 is 1.33 bits per heavy atom. The molecule has 2 aromatic rings. The van der Waals surface area contributed by atoms with E-state index >= 15 is 0 Å². The minimum absolute atomic E-state index is 0.0208. The van der Waals surface area contributed by atoms with E-state index in [4.69, 9.17) is 11.6 Å². The van der Waals surface area contributed by atoms with E-state index in [0.717, 1.165) is 30.3 Å². The third-order valence-corrected chi connectivity index (χ3v) is 7.20. The number of carbonyl (C=O) groups is 1. The SMILES string of the molecule is Cc1ccc(-n2cnnc2SCC(=O)NC[C@@H](C(C)C)N2CCC(C)CC2)cc1Cl. The molecular weight excluding hydrogens is 418 g/mol. The van der Waals surface area contributed by atoms with Gasteiger partial charge in [0.1, 0.15) is 6.33 Å². The zero-order valence-corrected chi connectivity index (χ0v) is 19.8. The van der Waals surface area contributed by atoms with Crippen LogP contribution in [0.3, 0.4) is 0 Å².